The Morgan fingerprint density at radius 2 is 2.21 bits per heavy atom. The Kier molecular flexibility index (Phi) is 4.31. The Morgan fingerprint density at radius 3 is 2.79 bits per heavy atom. The summed E-state index contributed by atoms with van der Waals surface area (Å²) < 4.78 is 0. The summed E-state index contributed by atoms with van der Waals surface area (Å²) in [4.78, 5) is 3.88. The quantitative estimate of drug-likeness (QED) is 0.276. The normalized spacial score (nSPS) is 11.7. The monoisotopic (exact) mass is 250 g/mol. The highest BCUT2D eigenvalue weighted by Crippen LogP contribution is 2.21. The molecule has 0 atom stereocenters. The maximum absolute atomic E-state index is 5.84. The zero-order chi connectivity index (χ0) is 10.6. The van der Waals surface area contributed by atoms with Crippen LogP contribution in [-0.4, -0.2) is 10.2 Å². The molecule has 0 aliphatic rings. The molecule has 0 radical (unpaired) electrons. The van der Waals surface area contributed by atoms with Gasteiger partial charge >= 0.3 is 0 Å². The molecule has 1 aromatic rings. The van der Waals surface area contributed by atoms with Crippen LogP contribution in [0, 0.1) is 0 Å². The zero-order valence-electron chi connectivity index (χ0n) is 7.08. The smallest absolute Gasteiger partial charge is 0.177 e. The third-order valence-corrected chi connectivity index (χ3v) is 2.79. The van der Waals surface area contributed by atoms with Crippen LogP contribution in [0.5, 0.6) is 0 Å². The van der Waals surface area contributed by atoms with Gasteiger partial charge in [0.25, 0.3) is 0 Å². The van der Waals surface area contributed by atoms with Crippen molar-refractivity contribution in [3.05, 3.63) is 28.0 Å². The topological polar surface area (TPSA) is 77.3 Å². The second-order valence-corrected chi connectivity index (χ2v) is 4.08. The van der Waals surface area contributed by atoms with Gasteiger partial charge in [-0.15, -0.1) is 0 Å². The lowest BCUT2D eigenvalue weighted by atomic mass is 10.3. The van der Waals surface area contributed by atoms with Crippen LogP contribution in [0.1, 0.15) is 5.56 Å². The van der Waals surface area contributed by atoms with Crippen LogP contribution in [0.3, 0.4) is 0 Å². The standard InChI is InChI=1S/C7H8Cl2N4S/c8-5-2-1-4(6(9)12-5)3-14-7(10)13-11/h1-2H,3,11H2,(H2,10,13). The number of hydrazone groups is 1. The Hall–Kier alpha value is -0.650. The van der Waals surface area contributed by atoms with Gasteiger partial charge in [-0.2, -0.15) is 5.10 Å². The van der Waals surface area contributed by atoms with Gasteiger partial charge in [-0.05, 0) is 11.6 Å². The zero-order valence-corrected chi connectivity index (χ0v) is 9.40. The van der Waals surface area contributed by atoms with Crippen molar-refractivity contribution in [2.24, 2.45) is 16.7 Å². The molecular weight excluding hydrogens is 243 g/mol. The van der Waals surface area contributed by atoms with Gasteiger partial charge in [0.2, 0.25) is 0 Å². The number of nitrogens with zero attached hydrogens (tertiary/aromatic N) is 2. The first-order valence-corrected chi connectivity index (χ1v) is 5.34. The molecule has 0 fully saturated rings. The minimum Gasteiger partial charge on any atom is -0.377 e. The van der Waals surface area contributed by atoms with Gasteiger partial charge in [0.05, 0.1) is 0 Å². The molecule has 0 bridgehead atoms. The molecule has 1 aromatic heterocycles. The first-order chi connectivity index (χ1) is 6.63. The third-order valence-electron chi connectivity index (χ3n) is 1.39. The van der Waals surface area contributed by atoms with Crippen molar-refractivity contribution in [2.75, 3.05) is 0 Å². The van der Waals surface area contributed by atoms with Gasteiger partial charge in [0.15, 0.2) is 5.17 Å². The van der Waals surface area contributed by atoms with Crippen LogP contribution >= 0.6 is 35.0 Å². The van der Waals surface area contributed by atoms with E-state index in [2.05, 4.69) is 10.1 Å². The molecule has 1 heterocycles. The first kappa shape index (κ1) is 11.4. The Labute approximate surface area is 95.7 Å². The van der Waals surface area contributed by atoms with E-state index in [1.54, 1.807) is 12.1 Å². The minimum atomic E-state index is 0.302. The summed E-state index contributed by atoms with van der Waals surface area (Å²) in [7, 11) is 0. The largest absolute Gasteiger partial charge is 0.377 e. The van der Waals surface area contributed by atoms with Crippen molar-refractivity contribution >= 4 is 40.1 Å². The van der Waals surface area contributed by atoms with E-state index >= 15 is 0 Å². The van der Waals surface area contributed by atoms with E-state index in [0.29, 0.717) is 21.2 Å². The number of hydrogen-bond acceptors (Lipinski definition) is 4. The molecule has 0 saturated carbocycles. The molecule has 14 heavy (non-hydrogen) atoms. The number of aromatic nitrogens is 1. The Bertz CT molecular complexity index is 356. The lowest BCUT2D eigenvalue weighted by Gasteiger charge is -2.02. The van der Waals surface area contributed by atoms with Gasteiger partial charge in [-0.3, -0.25) is 0 Å². The highest BCUT2D eigenvalue weighted by Gasteiger charge is 2.03. The van der Waals surface area contributed by atoms with Crippen molar-refractivity contribution in [1.82, 2.24) is 4.98 Å². The fourth-order valence-corrected chi connectivity index (χ4v) is 1.84. The summed E-state index contributed by atoms with van der Waals surface area (Å²) in [5.41, 5.74) is 6.24. The molecular formula is C7H8Cl2N4S. The maximum Gasteiger partial charge on any atom is 0.177 e. The molecule has 76 valence electrons. The SMILES string of the molecule is N/N=C(/N)SCc1ccc(Cl)nc1Cl. The van der Waals surface area contributed by atoms with Crippen molar-refractivity contribution in [2.45, 2.75) is 5.75 Å². The van der Waals surface area contributed by atoms with E-state index in [0.717, 1.165) is 5.56 Å². The number of pyridine rings is 1. The average molecular weight is 251 g/mol. The lowest BCUT2D eigenvalue weighted by molar-refractivity contribution is 1.24. The minimum absolute atomic E-state index is 0.302. The van der Waals surface area contributed by atoms with Gasteiger partial charge in [-0.1, -0.05) is 41.0 Å². The van der Waals surface area contributed by atoms with Gasteiger partial charge in [0, 0.05) is 5.75 Å². The molecule has 0 amide bonds. The van der Waals surface area contributed by atoms with E-state index in [4.69, 9.17) is 34.8 Å². The predicted octanol–water partition coefficient (Wildman–Crippen LogP) is 1.81. The molecule has 0 unspecified atom stereocenters. The van der Waals surface area contributed by atoms with Crippen LogP contribution in [0.15, 0.2) is 17.2 Å². The van der Waals surface area contributed by atoms with E-state index in [1.807, 2.05) is 0 Å². The molecule has 1 rings (SSSR count). The number of hydrogen-bond donors (Lipinski definition) is 2. The lowest BCUT2D eigenvalue weighted by Crippen LogP contribution is -2.09. The molecule has 0 spiro atoms. The summed E-state index contributed by atoms with van der Waals surface area (Å²) in [6.07, 6.45) is 0. The number of thioether (sulfide) groups is 1. The number of halogens is 2. The molecule has 4 nitrogen and oxygen atoms in total. The van der Waals surface area contributed by atoms with E-state index in [9.17, 15) is 0 Å². The molecule has 0 aliphatic heterocycles. The number of nitrogens with two attached hydrogens (primary N) is 2. The molecule has 0 aromatic carbocycles. The first-order valence-electron chi connectivity index (χ1n) is 3.60. The molecule has 7 heteroatoms. The highest BCUT2D eigenvalue weighted by atomic mass is 35.5. The fraction of sp³-hybridized carbons (Fsp3) is 0.143. The Balaban J connectivity index is 2.68. The fourth-order valence-electron chi connectivity index (χ4n) is 0.738. The van der Waals surface area contributed by atoms with E-state index in [-0.39, 0.29) is 0 Å². The third kappa shape index (κ3) is 3.25. The van der Waals surface area contributed by atoms with Crippen LogP contribution in [0.2, 0.25) is 10.3 Å². The van der Waals surface area contributed by atoms with Crippen LogP contribution in [0.25, 0.3) is 0 Å². The summed E-state index contributed by atoms with van der Waals surface area (Å²) in [6.45, 7) is 0. The van der Waals surface area contributed by atoms with Crippen molar-refractivity contribution in [1.29, 1.82) is 0 Å². The molecule has 0 aliphatic carbocycles. The highest BCUT2D eigenvalue weighted by molar-refractivity contribution is 8.13. The second kappa shape index (κ2) is 5.29. The van der Waals surface area contributed by atoms with Crippen LogP contribution in [-0.2, 0) is 5.75 Å². The van der Waals surface area contributed by atoms with E-state index in [1.165, 1.54) is 11.8 Å². The number of rotatable bonds is 2. The average Bonchev–Trinajstić information content (AvgIpc) is 2.16. The van der Waals surface area contributed by atoms with Crippen LogP contribution in [0.4, 0.5) is 0 Å². The van der Waals surface area contributed by atoms with E-state index < -0.39 is 0 Å². The summed E-state index contributed by atoms with van der Waals surface area (Å²) in [6, 6.07) is 3.45. The van der Waals surface area contributed by atoms with Crippen molar-refractivity contribution < 1.29 is 0 Å². The summed E-state index contributed by atoms with van der Waals surface area (Å²) in [5.74, 6) is 5.54. The van der Waals surface area contributed by atoms with Crippen molar-refractivity contribution in [3.63, 3.8) is 0 Å². The predicted molar refractivity (Wildman–Crippen MR) is 61.4 cm³/mol. The summed E-state index contributed by atoms with van der Waals surface area (Å²) in [5, 5.41) is 4.36. The summed E-state index contributed by atoms with van der Waals surface area (Å²) >= 11 is 12.8. The van der Waals surface area contributed by atoms with Crippen LogP contribution < -0.4 is 11.6 Å². The Morgan fingerprint density at radius 1 is 1.50 bits per heavy atom. The molecule has 0 saturated heterocycles. The second-order valence-electron chi connectivity index (χ2n) is 2.34. The van der Waals surface area contributed by atoms with Crippen molar-refractivity contribution in [3.8, 4) is 0 Å². The maximum atomic E-state index is 5.84. The number of amidine groups is 1. The molecule has 4 N–H and O–H groups in total. The van der Waals surface area contributed by atoms with Gasteiger partial charge in [0.1, 0.15) is 10.3 Å². The van der Waals surface area contributed by atoms with Gasteiger partial charge < -0.3 is 11.6 Å². The van der Waals surface area contributed by atoms with Gasteiger partial charge in [-0.25, -0.2) is 4.98 Å².